The van der Waals surface area contributed by atoms with Crippen LogP contribution < -0.4 is 11.1 Å². The molecule has 1 aromatic carbocycles. The van der Waals surface area contributed by atoms with E-state index in [4.69, 9.17) is 10.7 Å². The molecule has 1 aliphatic carbocycles. The number of anilines is 2. The van der Waals surface area contributed by atoms with Gasteiger partial charge in [-0.3, -0.25) is 0 Å². The Kier molecular flexibility index (Phi) is 2.45. The van der Waals surface area contributed by atoms with Gasteiger partial charge in [-0.15, -0.1) is 0 Å². The molecule has 4 N–H and O–H groups in total. The lowest BCUT2D eigenvalue weighted by atomic mass is 9.95. The van der Waals surface area contributed by atoms with Gasteiger partial charge in [0.25, 0.3) is 0 Å². The minimum Gasteiger partial charge on any atom is -0.399 e. The van der Waals surface area contributed by atoms with Crippen molar-refractivity contribution in [2.45, 2.75) is 18.3 Å². The highest BCUT2D eigenvalue weighted by Gasteiger charge is 2.48. The van der Waals surface area contributed by atoms with Gasteiger partial charge in [0, 0.05) is 12.7 Å². The van der Waals surface area contributed by atoms with E-state index in [0.29, 0.717) is 0 Å². The lowest BCUT2D eigenvalue weighted by Gasteiger charge is -2.12. The van der Waals surface area contributed by atoms with Crippen LogP contribution in [0.15, 0.2) is 36.4 Å². The Hall–Kier alpha value is -2.56. The van der Waals surface area contributed by atoms with E-state index >= 15 is 0 Å². The number of nitrogens with zero attached hydrogens (tertiary/aromatic N) is 2. The number of imidazole rings is 1. The first kappa shape index (κ1) is 12.2. The zero-order chi connectivity index (χ0) is 14.4. The summed E-state index contributed by atoms with van der Waals surface area (Å²) in [7, 11) is 1.86. The first-order valence-electron chi connectivity index (χ1n) is 7.12. The first-order chi connectivity index (χ1) is 10.2. The molecule has 5 nitrogen and oxygen atoms in total. The van der Waals surface area contributed by atoms with Crippen LogP contribution in [0.2, 0.25) is 0 Å². The van der Waals surface area contributed by atoms with Crippen LogP contribution in [0.1, 0.15) is 24.2 Å². The number of benzene rings is 1. The number of hydrogen-bond donors (Lipinski definition) is 3. The number of pyridine rings is 1. The van der Waals surface area contributed by atoms with Gasteiger partial charge in [-0.05, 0) is 42.7 Å². The molecule has 0 atom stereocenters. The Balaban J connectivity index is 1.80. The van der Waals surface area contributed by atoms with E-state index < -0.39 is 0 Å². The Morgan fingerprint density at radius 3 is 2.52 bits per heavy atom. The Morgan fingerprint density at radius 2 is 1.86 bits per heavy atom. The molecule has 0 aliphatic heterocycles. The standard InChI is InChI=1S/C16H17N5/c1-18-13-7-6-12-14(20-13)21-15(19-12)16(8-9-16)10-2-4-11(17)5-3-10/h2-7H,8-9,17H2,1H3,(H2,18,19,20,21). The quantitative estimate of drug-likeness (QED) is 0.644. The average molecular weight is 279 g/mol. The smallest absolute Gasteiger partial charge is 0.179 e. The molecule has 5 heteroatoms. The number of aromatic nitrogens is 3. The zero-order valence-corrected chi connectivity index (χ0v) is 11.9. The molecular formula is C16H17N5. The van der Waals surface area contributed by atoms with Crippen molar-refractivity contribution < 1.29 is 0 Å². The summed E-state index contributed by atoms with van der Waals surface area (Å²) >= 11 is 0. The maximum absolute atomic E-state index is 5.78. The van der Waals surface area contributed by atoms with Crippen LogP contribution in [0.4, 0.5) is 11.5 Å². The predicted molar refractivity (Wildman–Crippen MR) is 84.3 cm³/mol. The Morgan fingerprint density at radius 1 is 1.10 bits per heavy atom. The number of rotatable bonds is 3. The van der Waals surface area contributed by atoms with E-state index in [-0.39, 0.29) is 5.41 Å². The molecule has 0 unspecified atom stereocenters. The highest BCUT2D eigenvalue weighted by atomic mass is 15.1. The fraction of sp³-hybridized carbons (Fsp3) is 0.250. The number of nitrogens with one attached hydrogen (secondary N) is 2. The van der Waals surface area contributed by atoms with Crippen molar-refractivity contribution >= 4 is 22.7 Å². The summed E-state index contributed by atoms with van der Waals surface area (Å²) in [5.74, 6) is 1.83. The molecule has 21 heavy (non-hydrogen) atoms. The molecule has 1 fully saturated rings. The summed E-state index contributed by atoms with van der Waals surface area (Å²) < 4.78 is 0. The molecule has 106 valence electrons. The third kappa shape index (κ3) is 1.85. The van der Waals surface area contributed by atoms with Gasteiger partial charge >= 0.3 is 0 Å². The SMILES string of the molecule is CNc1ccc2[nH]c(C3(c4ccc(N)cc4)CC3)nc2n1. The minimum atomic E-state index is 0.00814. The molecule has 0 spiro atoms. The number of H-pyrrole nitrogens is 1. The van der Waals surface area contributed by atoms with Gasteiger partial charge in [0.05, 0.1) is 10.9 Å². The molecule has 0 radical (unpaired) electrons. The van der Waals surface area contributed by atoms with Crippen molar-refractivity contribution in [3.05, 3.63) is 47.8 Å². The molecular weight excluding hydrogens is 262 g/mol. The van der Waals surface area contributed by atoms with E-state index in [2.05, 4.69) is 27.4 Å². The van der Waals surface area contributed by atoms with E-state index in [0.717, 1.165) is 41.3 Å². The van der Waals surface area contributed by atoms with Crippen molar-refractivity contribution in [2.75, 3.05) is 18.1 Å². The summed E-state index contributed by atoms with van der Waals surface area (Å²) in [6.45, 7) is 0. The highest BCUT2D eigenvalue weighted by molar-refractivity contribution is 5.73. The van der Waals surface area contributed by atoms with Crippen molar-refractivity contribution in [3.63, 3.8) is 0 Å². The van der Waals surface area contributed by atoms with Gasteiger partial charge in [-0.25, -0.2) is 9.97 Å². The van der Waals surface area contributed by atoms with Gasteiger partial charge in [-0.1, -0.05) is 12.1 Å². The second-order valence-corrected chi connectivity index (χ2v) is 5.61. The van der Waals surface area contributed by atoms with Gasteiger partial charge in [0.15, 0.2) is 5.65 Å². The van der Waals surface area contributed by atoms with Gasteiger partial charge in [0.2, 0.25) is 0 Å². The van der Waals surface area contributed by atoms with Crippen molar-refractivity contribution in [2.24, 2.45) is 0 Å². The first-order valence-corrected chi connectivity index (χ1v) is 7.12. The highest BCUT2D eigenvalue weighted by Crippen LogP contribution is 2.52. The van der Waals surface area contributed by atoms with Gasteiger partial charge < -0.3 is 16.0 Å². The molecule has 4 rings (SSSR count). The fourth-order valence-corrected chi connectivity index (χ4v) is 2.85. The summed E-state index contributed by atoms with van der Waals surface area (Å²) in [5, 5.41) is 3.04. The van der Waals surface area contributed by atoms with Crippen LogP contribution in [0.3, 0.4) is 0 Å². The van der Waals surface area contributed by atoms with Crippen molar-refractivity contribution in [1.29, 1.82) is 0 Å². The van der Waals surface area contributed by atoms with Crippen LogP contribution in [0, 0.1) is 0 Å². The number of nitrogens with two attached hydrogens (primary N) is 1. The van der Waals surface area contributed by atoms with Crippen LogP contribution in [-0.4, -0.2) is 22.0 Å². The van der Waals surface area contributed by atoms with Crippen LogP contribution in [0.5, 0.6) is 0 Å². The van der Waals surface area contributed by atoms with Gasteiger partial charge in [0.1, 0.15) is 11.6 Å². The summed E-state index contributed by atoms with van der Waals surface area (Å²) in [6, 6.07) is 12.1. The van der Waals surface area contributed by atoms with Crippen molar-refractivity contribution in [1.82, 2.24) is 15.0 Å². The lowest BCUT2D eigenvalue weighted by Crippen LogP contribution is -2.10. The molecule has 0 saturated heterocycles. The second-order valence-electron chi connectivity index (χ2n) is 5.61. The topological polar surface area (TPSA) is 79.6 Å². The molecule has 2 heterocycles. The van der Waals surface area contributed by atoms with E-state index in [9.17, 15) is 0 Å². The molecule has 1 saturated carbocycles. The minimum absolute atomic E-state index is 0.00814. The summed E-state index contributed by atoms with van der Waals surface area (Å²) in [6.07, 6.45) is 2.21. The van der Waals surface area contributed by atoms with Crippen molar-refractivity contribution in [3.8, 4) is 0 Å². The maximum atomic E-state index is 5.78. The maximum Gasteiger partial charge on any atom is 0.179 e. The molecule has 0 bridgehead atoms. The largest absolute Gasteiger partial charge is 0.399 e. The zero-order valence-electron chi connectivity index (χ0n) is 11.9. The second kappa shape index (κ2) is 4.22. The van der Waals surface area contributed by atoms with Gasteiger partial charge in [-0.2, -0.15) is 0 Å². The summed E-state index contributed by atoms with van der Waals surface area (Å²) in [5.41, 5.74) is 9.59. The third-order valence-corrected chi connectivity index (χ3v) is 4.27. The average Bonchev–Trinajstić information content (AvgIpc) is 3.20. The number of hydrogen-bond acceptors (Lipinski definition) is 4. The van der Waals surface area contributed by atoms with Crippen LogP contribution >= 0.6 is 0 Å². The number of fused-ring (bicyclic) bond motifs is 1. The fourth-order valence-electron chi connectivity index (χ4n) is 2.85. The molecule has 1 aliphatic rings. The van der Waals surface area contributed by atoms with Crippen LogP contribution in [-0.2, 0) is 5.41 Å². The van der Waals surface area contributed by atoms with Crippen LogP contribution in [0.25, 0.3) is 11.2 Å². The van der Waals surface area contributed by atoms with E-state index in [1.54, 1.807) is 0 Å². The normalized spacial score (nSPS) is 16.0. The molecule has 0 amide bonds. The lowest BCUT2D eigenvalue weighted by molar-refractivity contribution is 0.778. The monoisotopic (exact) mass is 279 g/mol. The predicted octanol–water partition coefficient (Wildman–Crippen LogP) is 2.66. The number of nitrogen functional groups attached to an aromatic ring is 1. The molecule has 2 aromatic heterocycles. The Labute approximate surface area is 122 Å². The van der Waals surface area contributed by atoms with E-state index in [1.807, 2.05) is 31.3 Å². The third-order valence-electron chi connectivity index (χ3n) is 4.27. The Bertz CT molecular complexity index is 799. The molecule has 3 aromatic rings. The number of aromatic amines is 1. The van der Waals surface area contributed by atoms with E-state index in [1.165, 1.54) is 5.56 Å². The summed E-state index contributed by atoms with van der Waals surface area (Å²) in [4.78, 5) is 12.6.